The van der Waals surface area contributed by atoms with Crippen LogP contribution in [0.1, 0.15) is 36.7 Å². The molecule has 0 aliphatic heterocycles. The molecule has 0 fully saturated rings. The molecule has 0 heterocycles. The van der Waals surface area contributed by atoms with Crippen LogP contribution in [0.25, 0.3) is 0 Å². The van der Waals surface area contributed by atoms with Crippen LogP contribution in [-0.2, 0) is 4.74 Å². The van der Waals surface area contributed by atoms with Crippen LogP contribution in [0.5, 0.6) is 0 Å². The summed E-state index contributed by atoms with van der Waals surface area (Å²) in [5.74, 6) is -0.257. The first-order valence-corrected chi connectivity index (χ1v) is 5.59. The van der Waals surface area contributed by atoms with Crippen LogP contribution in [0, 0.1) is 6.92 Å². The average molecular weight is 221 g/mol. The third-order valence-corrected chi connectivity index (χ3v) is 2.27. The second kappa shape index (κ2) is 5.54. The van der Waals surface area contributed by atoms with Crippen molar-refractivity contribution in [1.29, 1.82) is 0 Å². The first-order valence-electron chi connectivity index (χ1n) is 5.59. The molecule has 0 aliphatic rings. The molecule has 0 radical (unpaired) electrons. The van der Waals surface area contributed by atoms with Crippen LogP contribution in [0.2, 0.25) is 0 Å². The zero-order chi connectivity index (χ0) is 12.1. The van der Waals surface area contributed by atoms with E-state index in [4.69, 9.17) is 4.74 Å². The zero-order valence-electron chi connectivity index (χ0n) is 10.3. The highest BCUT2D eigenvalue weighted by atomic mass is 16.5. The Labute approximate surface area is 96.8 Å². The number of nitrogens with one attached hydrogen (secondary N) is 1. The van der Waals surface area contributed by atoms with E-state index in [2.05, 4.69) is 19.2 Å². The van der Waals surface area contributed by atoms with E-state index in [-0.39, 0.29) is 5.97 Å². The molecule has 0 spiro atoms. The maximum absolute atomic E-state index is 11.7. The summed E-state index contributed by atoms with van der Waals surface area (Å²) in [4.78, 5) is 11.7. The molecule has 0 saturated carbocycles. The molecule has 16 heavy (non-hydrogen) atoms. The Morgan fingerprint density at radius 3 is 2.69 bits per heavy atom. The predicted octanol–water partition coefficient (Wildman–Crippen LogP) is 2.99. The Hall–Kier alpha value is -1.51. The quantitative estimate of drug-likeness (QED) is 0.794. The SMILES string of the molecule is CCOC(=O)c1cccc(NC(C)C)c1C. The topological polar surface area (TPSA) is 38.3 Å². The fourth-order valence-electron chi connectivity index (χ4n) is 1.53. The Morgan fingerprint density at radius 1 is 1.44 bits per heavy atom. The summed E-state index contributed by atoms with van der Waals surface area (Å²) in [5.41, 5.74) is 2.56. The van der Waals surface area contributed by atoms with E-state index in [1.54, 1.807) is 6.07 Å². The third kappa shape index (κ3) is 2.99. The first-order chi connectivity index (χ1) is 7.56. The minimum absolute atomic E-state index is 0.257. The summed E-state index contributed by atoms with van der Waals surface area (Å²) in [6.07, 6.45) is 0. The second-order valence-electron chi connectivity index (χ2n) is 4.00. The van der Waals surface area contributed by atoms with Gasteiger partial charge in [-0.05, 0) is 45.4 Å². The summed E-state index contributed by atoms with van der Waals surface area (Å²) in [6, 6.07) is 5.97. The van der Waals surface area contributed by atoms with Crippen LogP contribution in [-0.4, -0.2) is 18.6 Å². The number of carbonyl (C=O) groups excluding carboxylic acids is 1. The lowest BCUT2D eigenvalue weighted by molar-refractivity contribution is 0.0525. The van der Waals surface area contributed by atoms with Gasteiger partial charge in [0.2, 0.25) is 0 Å². The Bertz CT molecular complexity index is 372. The monoisotopic (exact) mass is 221 g/mol. The second-order valence-corrected chi connectivity index (χ2v) is 4.00. The Balaban J connectivity index is 2.99. The highest BCUT2D eigenvalue weighted by molar-refractivity contribution is 5.92. The smallest absolute Gasteiger partial charge is 0.338 e. The van der Waals surface area contributed by atoms with Crippen molar-refractivity contribution in [3.05, 3.63) is 29.3 Å². The molecule has 0 unspecified atom stereocenters. The molecule has 88 valence electrons. The van der Waals surface area contributed by atoms with Gasteiger partial charge in [0.15, 0.2) is 0 Å². The van der Waals surface area contributed by atoms with Gasteiger partial charge in [0.25, 0.3) is 0 Å². The normalized spacial score (nSPS) is 10.3. The van der Waals surface area contributed by atoms with Crippen molar-refractivity contribution in [2.45, 2.75) is 33.7 Å². The molecule has 0 aromatic heterocycles. The first kappa shape index (κ1) is 12.6. The largest absolute Gasteiger partial charge is 0.462 e. The van der Waals surface area contributed by atoms with E-state index in [0.29, 0.717) is 18.2 Å². The molecule has 1 rings (SSSR count). The van der Waals surface area contributed by atoms with Gasteiger partial charge in [-0.25, -0.2) is 4.79 Å². The summed E-state index contributed by atoms with van der Waals surface area (Å²) in [5, 5.41) is 3.30. The standard InChI is InChI=1S/C13H19NO2/c1-5-16-13(15)11-7-6-8-12(10(11)4)14-9(2)3/h6-9,14H,5H2,1-4H3. The van der Waals surface area contributed by atoms with Crippen LogP contribution in [0.3, 0.4) is 0 Å². The van der Waals surface area contributed by atoms with Crippen molar-refractivity contribution in [2.75, 3.05) is 11.9 Å². The van der Waals surface area contributed by atoms with E-state index in [1.807, 2.05) is 26.0 Å². The zero-order valence-corrected chi connectivity index (χ0v) is 10.3. The number of hydrogen-bond acceptors (Lipinski definition) is 3. The number of benzene rings is 1. The van der Waals surface area contributed by atoms with E-state index < -0.39 is 0 Å². The van der Waals surface area contributed by atoms with Gasteiger partial charge in [-0.2, -0.15) is 0 Å². The van der Waals surface area contributed by atoms with E-state index in [1.165, 1.54) is 0 Å². The molecule has 1 aromatic carbocycles. The molecule has 0 bridgehead atoms. The Kier molecular flexibility index (Phi) is 4.35. The van der Waals surface area contributed by atoms with Crippen LogP contribution < -0.4 is 5.32 Å². The van der Waals surface area contributed by atoms with Gasteiger partial charge in [0, 0.05) is 11.7 Å². The molecule has 0 atom stereocenters. The van der Waals surface area contributed by atoms with Gasteiger partial charge in [-0.1, -0.05) is 6.07 Å². The summed E-state index contributed by atoms with van der Waals surface area (Å²) in [7, 11) is 0. The molecule has 1 aromatic rings. The van der Waals surface area contributed by atoms with Crippen molar-refractivity contribution >= 4 is 11.7 Å². The lowest BCUT2D eigenvalue weighted by Crippen LogP contribution is -2.13. The molecule has 0 amide bonds. The molecular weight excluding hydrogens is 202 g/mol. The number of hydrogen-bond donors (Lipinski definition) is 1. The maximum Gasteiger partial charge on any atom is 0.338 e. The van der Waals surface area contributed by atoms with Gasteiger partial charge in [0.1, 0.15) is 0 Å². The fourth-order valence-corrected chi connectivity index (χ4v) is 1.53. The van der Waals surface area contributed by atoms with Crippen molar-refractivity contribution < 1.29 is 9.53 Å². The number of carbonyl (C=O) groups is 1. The lowest BCUT2D eigenvalue weighted by atomic mass is 10.1. The summed E-state index contributed by atoms with van der Waals surface area (Å²) < 4.78 is 5.00. The van der Waals surface area contributed by atoms with Gasteiger partial charge in [0.05, 0.1) is 12.2 Å². The number of ether oxygens (including phenoxy) is 1. The van der Waals surface area contributed by atoms with Gasteiger partial charge < -0.3 is 10.1 Å². The minimum Gasteiger partial charge on any atom is -0.462 e. The van der Waals surface area contributed by atoms with E-state index >= 15 is 0 Å². The van der Waals surface area contributed by atoms with E-state index in [9.17, 15) is 4.79 Å². The molecule has 0 aliphatic carbocycles. The molecule has 0 saturated heterocycles. The minimum atomic E-state index is -0.257. The van der Waals surface area contributed by atoms with Crippen LogP contribution in [0.4, 0.5) is 5.69 Å². The Morgan fingerprint density at radius 2 is 2.12 bits per heavy atom. The summed E-state index contributed by atoms with van der Waals surface area (Å²) in [6.45, 7) is 8.27. The molecule has 3 nitrogen and oxygen atoms in total. The summed E-state index contributed by atoms with van der Waals surface area (Å²) >= 11 is 0. The predicted molar refractivity (Wildman–Crippen MR) is 65.9 cm³/mol. The van der Waals surface area contributed by atoms with Crippen molar-refractivity contribution in [3.8, 4) is 0 Å². The number of rotatable bonds is 4. The van der Waals surface area contributed by atoms with Gasteiger partial charge in [-0.3, -0.25) is 0 Å². The van der Waals surface area contributed by atoms with Crippen molar-refractivity contribution in [3.63, 3.8) is 0 Å². The average Bonchev–Trinajstić information content (AvgIpc) is 2.21. The lowest BCUT2D eigenvalue weighted by Gasteiger charge is -2.14. The maximum atomic E-state index is 11.7. The van der Waals surface area contributed by atoms with Gasteiger partial charge in [-0.15, -0.1) is 0 Å². The number of esters is 1. The molecule has 3 heteroatoms. The number of anilines is 1. The molecule has 1 N–H and O–H groups in total. The van der Waals surface area contributed by atoms with Crippen LogP contribution in [0.15, 0.2) is 18.2 Å². The van der Waals surface area contributed by atoms with Gasteiger partial charge >= 0.3 is 5.97 Å². The van der Waals surface area contributed by atoms with E-state index in [0.717, 1.165) is 11.3 Å². The van der Waals surface area contributed by atoms with Crippen LogP contribution >= 0.6 is 0 Å². The third-order valence-electron chi connectivity index (χ3n) is 2.27. The highest BCUT2D eigenvalue weighted by Gasteiger charge is 2.12. The fraction of sp³-hybridized carbons (Fsp3) is 0.462. The van der Waals surface area contributed by atoms with Crippen molar-refractivity contribution in [1.82, 2.24) is 0 Å². The van der Waals surface area contributed by atoms with Crippen molar-refractivity contribution in [2.24, 2.45) is 0 Å². The highest BCUT2D eigenvalue weighted by Crippen LogP contribution is 2.20. The molecular formula is C13H19NO2.